The van der Waals surface area contributed by atoms with Gasteiger partial charge in [0.05, 0.1) is 0 Å². The second-order valence-electron chi connectivity index (χ2n) is 3.99. The molecule has 1 aromatic carbocycles. The van der Waals surface area contributed by atoms with Crippen LogP contribution in [0.2, 0.25) is 0 Å². The molecule has 0 atom stereocenters. The third kappa shape index (κ3) is 3.07. The van der Waals surface area contributed by atoms with Crippen molar-refractivity contribution in [1.29, 1.82) is 0 Å². The standard InChI is InChI=1S/C12H15N5O/c1-8-15-11(17-16-8)12(18)14-7-6-9-2-4-10(13)5-3-9/h2-5H,6-7,13H2,1H3,(H,14,18)(H,15,16,17). The molecular weight excluding hydrogens is 230 g/mol. The molecule has 6 nitrogen and oxygen atoms in total. The van der Waals surface area contributed by atoms with E-state index in [1.807, 2.05) is 24.3 Å². The van der Waals surface area contributed by atoms with Crippen molar-refractivity contribution in [2.75, 3.05) is 12.3 Å². The van der Waals surface area contributed by atoms with Gasteiger partial charge in [0.1, 0.15) is 5.82 Å². The van der Waals surface area contributed by atoms with Gasteiger partial charge in [-0.05, 0) is 31.0 Å². The molecule has 6 heteroatoms. The quantitative estimate of drug-likeness (QED) is 0.689. The number of aryl methyl sites for hydroxylation is 1. The van der Waals surface area contributed by atoms with Gasteiger partial charge in [0, 0.05) is 12.2 Å². The van der Waals surface area contributed by atoms with Gasteiger partial charge in [-0.1, -0.05) is 12.1 Å². The zero-order chi connectivity index (χ0) is 13.0. The van der Waals surface area contributed by atoms with Gasteiger partial charge in [0.2, 0.25) is 5.82 Å². The molecule has 1 heterocycles. The molecule has 94 valence electrons. The zero-order valence-electron chi connectivity index (χ0n) is 10.1. The largest absolute Gasteiger partial charge is 0.399 e. The van der Waals surface area contributed by atoms with E-state index in [0.29, 0.717) is 12.4 Å². The number of aromatic amines is 1. The average Bonchev–Trinajstić information content (AvgIpc) is 2.78. The number of anilines is 1. The topological polar surface area (TPSA) is 96.7 Å². The number of carbonyl (C=O) groups is 1. The molecular formula is C12H15N5O. The van der Waals surface area contributed by atoms with E-state index in [-0.39, 0.29) is 11.7 Å². The van der Waals surface area contributed by atoms with Crippen molar-refractivity contribution in [2.45, 2.75) is 13.3 Å². The lowest BCUT2D eigenvalue weighted by Crippen LogP contribution is -2.26. The number of nitrogens with two attached hydrogens (primary N) is 1. The maximum absolute atomic E-state index is 11.6. The molecule has 1 amide bonds. The first-order valence-electron chi connectivity index (χ1n) is 5.67. The molecule has 0 aliphatic heterocycles. The van der Waals surface area contributed by atoms with E-state index >= 15 is 0 Å². The summed E-state index contributed by atoms with van der Waals surface area (Å²) in [5.41, 5.74) is 7.45. The van der Waals surface area contributed by atoms with E-state index in [1.54, 1.807) is 6.92 Å². The first-order chi connectivity index (χ1) is 8.65. The van der Waals surface area contributed by atoms with Crippen LogP contribution < -0.4 is 11.1 Å². The zero-order valence-corrected chi connectivity index (χ0v) is 10.1. The van der Waals surface area contributed by atoms with Crippen LogP contribution in [0.25, 0.3) is 0 Å². The summed E-state index contributed by atoms with van der Waals surface area (Å²) >= 11 is 0. The lowest BCUT2D eigenvalue weighted by Gasteiger charge is -2.03. The van der Waals surface area contributed by atoms with E-state index in [9.17, 15) is 4.79 Å². The normalized spacial score (nSPS) is 10.3. The molecule has 0 spiro atoms. The molecule has 0 radical (unpaired) electrons. The van der Waals surface area contributed by atoms with Crippen LogP contribution in [0.4, 0.5) is 5.69 Å². The number of aromatic nitrogens is 3. The number of amides is 1. The fourth-order valence-corrected chi connectivity index (χ4v) is 1.53. The maximum Gasteiger partial charge on any atom is 0.290 e. The first-order valence-corrected chi connectivity index (χ1v) is 5.67. The molecule has 0 saturated heterocycles. The molecule has 1 aromatic heterocycles. The van der Waals surface area contributed by atoms with Gasteiger partial charge in [-0.25, -0.2) is 4.98 Å². The van der Waals surface area contributed by atoms with Gasteiger partial charge in [-0.15, -0.1) is 5.10 Å². The number of hydrogen-bond acceptors (Lipinski definition) is 4. The van der Waals surface area contributed by atoms with Gasteiger partial charge >= 0.3 is 0 Å². The number of benzene rings is 1. The molecule has 0 fully saturated rings. The van der Waals surface area contributed by atoms with E-state index in [1.165, 1.54) is 0 Å². The third-order valence-electron chi connectivity index (χ3n) is 2.48. The summed E-state index contributed by atoms with van der Waals surface area (Å²) in [4.78, 5) is 15.6. The van der Waals surface area contributed by atoms with Crippen molar-refractivity contribution in [1.82, 2.24) is 20.5 Å². The lowest BCUT2D eigenvalue weighted by molar-refractivity contribution is 0.0944. The fraction of sp³-hybridized carbons (Fsp3) is 0.250. The van der Waals surface area contributed by atoms with Gasteiger partial charge in [-0.3, -0.25) is 9.89 Å². The van der Waals surface area contributed by atoms with Crippen molar-refractivity contribution in [2.24, 2.45) is 0 Å². The number of H-pyrrole nitrogens is 1. The van der Waals surface area contributed by atoms with E-state index in [2.05, 4.69) is 20.5 Å². The Morgan fingerprint density at radius 1 is 1.39 bits per heavy atom. The summed E-state index contributed by atoms with van der Waals surface area (Å²) in [6, 6.07) is 7.57. The highest BCUT2D eigenvalue weighted by Crippen LogP contribution is 2.05. The third-order valence-corrected chi connectivity index (χ3v) is 2.48. The Bertz CT molecular complexity index is 532. The van der Waals surface area contributed by atoms with Crippen LogP contribution in [0, 0.1) is 6.92 Å². The summed E-state index contributed by atoms with van der Waals surface area (Å²) in [6.07, 6.45) is 0.745. The van der Waals surface area contributed by atoms with Crippen LogP contribution in [0.3, 0.4) is 0 Å². The van der Waals surface area contributed by atoms with E-state index in [4.69, 9.17) is 5.73 Å². The molecule has 0 aliphatic rings. The Kier molecular flexibility index (Phi) is 3.57. The van der Waals surface area contributed by atoms with Crippen molar-refractivity contribution in [3.8, 4) is 0 Å². The monoisotopic (exact) mass is 245 g/mol. The highest BCUT2D eigenvalue weighted by Gasteiger charge is 2.09. The van der Waals surface area contributed by atoms with Crippen molar-refractivity contribution in [3.05, 3.63) is 41.5 Å². The van der Waals surface area contributed by atoms with Crippen LogP contribution >= 0.6 is 0 Å². The number of nitrogens with one attached hydrogen (secondary N) is 2. The molecule has 0 bridgehead atoms. The van der Waals surface area contributed by atoms with Crippen molar-refractivity contribution >= 4 is 11.6 Å². The lowest BCUT2D eigenvalue weighted by atomic mass is 10.1. The number of nitrogens with zero attached hydrogens (tertiary/aromatic N) is 2. The Hall–Kier alpha value is -2.37. The summed E-state index contributed by atoms with van der Waals surface area (Å²) in [5, 5.41) is 9.18. The van der Waals surface area contributed by atoms with Crippen LogP contribution in [-0.2, 0) is 6.42 Å². The smallest absolute Gasteiger partial charge is 0.290 e. The summed E-state index contributed by atoms with van der Waals surface area (Å²) in [7, 11) is 0. The number of nitrogen functional groups attached to an aromatic ring is 1. The molecule has 2 rings (SSSR count). The summed E-state index contributed by atoms with van der Waals surface area (Å²) in [5.74, 6) is 0.526. The number of carbonyl (C=O) groups excluding carboxylic acids is 1. The van der Waals surface area contributed by atoms with Crippen LogP contribution in [0.1, 0.15) is 22.0 Å². The van der Waals surface area contributed by atoms with Gasteiger partial charge < -0.3 is 11.1 Å². The first kappa shape index (κ1) is 12.1. The molecule has 2 aromatic rings. The molecule has 4 N–H and O–H groups in total. The minimum absolute atomic E-state index is 0.171. The molecule has 0 unspecified atom stereocenters. The second-order valence-corrected chi connectivity index (χ2v) is 3.99. The van der Waals surface area contributed by atoms with Crippen molar-refractivity contribution in [3.63, 3.8) is 0 Å². The highest BCUT2D eigenvalue weighted by molar-refractivity contribution is 5.90. The van der Waals surface area contributed by atoms with E-state index in [0.717, 1.165) is 17.7 Å². The Morgan fingerprint density at radius 3 is 2.72 bits per heavy atom. The molecule has 0 aliphatic carbocycles. The fourth-order valence-electron chi connectivity index (χ4n) is 1.53. The average molecular weight is 245 g/mol. The molecule has 0 saturated carbocycles. The Balaban J connectivity index is 1.82. The minimum Gasteiger partial charge on any atom is -0.399 e. The Morgan fingerprint density at radius 2 is 2.11 bits per heavy atom. The highest BCUT2D eigenvalue weighted by atomic mass is 16.2. The molecule has 18 heavy (non-hydrogen) atoms. The van der Waals surface area contributed by atoms with Gasteiger partial charge in [0.15, 0.2) is 0 Å². The maximum atomic E-state index is 11.6. The van der Waals surface area contributed by atoms with Crippen LogP contribution in [0.5, 0.6) is 0 Å². The van der Waals surface area contributed by atoms with Gasteiger partial charge in [0.25, 0.3) is 5.91 Å². The SMILES string of the molecule is Cc1nc(C(=O)NCCc2ccc(N)cc2)n[nH]1. The Labute approximate surface area is 105 Å². The predicted octanol–water partition coefficient (Wildman–Crippen LogP) is 0.668. The predicted molar refractivity (Wildman–Crippen MR) is 68.0 cm³/mol. The summed E-state index contributed by atoms with van der Waals surface area (Å²) < 4.78 is 0. The van der Waals surface area contributed by atoms with Crippen LogP contribution in [0.15, 0.2) is 24.3 Å². The summed E-state index contributed by atoms with van der Waals surface area (Å²) in [6.45, 7) is 2.29. The van der Waals surface area contributed by atoms with Crippen molar-refractivity contribution < 1.29 is 4.79 Å². The number of hydrogen-bond donors (Lipinski definition) is 3. The number of rotatable bonds is 4. The van der Waals surface area contributed by atoms with Crippen LogP contribution in [-0.4, -0.2) is 27.6 Å². The van der Waals surface area contributed by atoms with E-state index < -0.39 is 0 Å². The second kappa shape index (κ2) is 5.31. The van der Waals surface area contributed by atoms with Gasteiger partial charge in [-0.2, -0.15) is 0 Å². The minimum atomic E-state index is -0.269.